The van der Waals surface area contributed by atoms with Crippen molar-refractivity contribution in [2.75, 3.05) is 0 Å². The zero-order chi connectivity index (χ0) is 12.7. The number of hydrogen-bond acceptors (Lipinski definition) is 3. The predicted molar refractivity (Wildman–Crippen MR) is 77.9 cm³/mol. The average Bonchev–Trinajstić information content (AvgIpc) is 2.74. The van der Waals surface area contributed by atoms with Gasteiger partial charge in [-0.2, -0.15) is 0 Å². The van der Waals surface area contributed by atoms with Gasteiger partial charge in [0.15, 0.2) is 0 Å². The minimum atomic E-state index is -0.366. The molecule has 0 radical (unpaired) electrons. The van der Waals surface area contributed by atoms with Crippen LogP contribution in [0.5, 0.6) is 0 Å². The molecule has 4 heteroatoms. The summed E-state index contributed by atoms with van der Waals surface area (Å²) in [7, 11) is 0. The Balaban J connectivity index is 2.07. The minimum absolute atomic E-state index is 0.366. The Morgan fingerprint density at radius 3 is 3.00 bits per heavy atom. The topological polar surface area (TPSA) is 33.1 Å². The Hall–Kier alpha value is -0.710. The number of aryl methyl sites for hydroxylation is 2. The number of aliphatic hydroxyl groups excluding tert-OH is 1. The second-order valence-corrected chi connectivity index (χ2v) is 6.69. The molecule has 0 saturated carbocycles. The number of hydrogen-bond donors (Lipinski definition) is 1. The molecule has 0 spiro atoms. The SMILES string of the molecule is Cc1cc(Br)ccc1-c1nc2c(s1)CCCC2O. The summed E-state index contributed by atoms with van der Waals surface area (Å²) in [5, 5.41) is 11.0. The first-order valence-electron chi connectivity index (χ1n) is 6.09. The van der Waals surface area contributed by atoms with Gasteiger partial charge in [0.1, 0.15) is 5.01 Å². The van der Waals surface area contributed by atoms with Crippen molar-refractivity contribution < 1.29 is 5.11 Å². The van der Waals surface area contributed by atoms with Crippen molar-refractivity contribution in [3.63, 3.8) is 0 Å². The molecule has 0 amide bonds. The lowest BCUT2D eigenvalue weighted by Gasteiger charge is -2.14. The van der Waals surface area contributed by atoms with Gasteiger partial charge in [0.05, 0.1) is 11.8 Å². The van der Waals surface area contributed by atoms with Gasteiger partial charge < -0.3 is 5.11 Å². The molecular formula is C14H14BrNOS. The monoisotopic (exact) mass is 323 g/mol. The van der Waals surface area contributed by atoms with Crippen molar-refractivity contribution in [3.05, 3.63) is 38.8 Å². The Bertz CT molecular complexity index is 593. The van der Waals surface area contributed by atoms with Crippen molar-refractivity contribution in [1.82, 2.24) is 4.98 Å². The van der Waals surface area contributed by atoms with Gasteiger partial charge in [-0.05, 0) is 43.9 Å². The van der Waals surface area contributed by atoms with Crippen LogP contribution in [0.1, 0.15) is 35.1 Å². The molecule has 1 atom stereocenters. The van der Waals surface area contributed by atoms with E-state index in [-0.39, 0.29) is 6.10 Å². The summed E-state index contributed by atoms with van der Waals surface area (Å²) in [5.41, 5.74) is 3.29. The lowest BCUT2D eigenvalue weighted by Crippen LogP contribution is -2.07. The maximum atomic E-state index is 9.97. The Morgan fingerprint density at radius 2 is 2.28 bits per heavy atom. The van der Waals surface area contributed by atoms with Crippen LogP contribution < -0.4 is 0 Å². The van der Waals surface area contributed by atoms with Crippen LogP contribution in [0.2, 0.25) is 0 Å². The molecule has 0 aliphatic heterocycles. The van der Waals surface area contributed by atoms with E-state index < -0.39 is 0 Å². The molecular weight excluding hydrogens is 310 g/mol. The summed E-state index contributed by atoms with van der Waals surface area (Å²) in [4.78, 5) is 5.90. The van der Waals surface area contributed by atoms with E-state index in [0.29, 0.717) is 0 Å². The molecule has 2 aromatic rings. The molecule has 1 aromatic heterocycles. The number of halogens is 1. The third kappa shape index (κ3) is 2.13. The predicted octanol–water partition coefficient (Wildman–Crippen LogP) is 4.25. The first-order valence-corrected chi connectivity index (χ1v) is 7.70. The molecule has 0 fully saturated rings. The summed E-state index contributed by atoms with van der Waals surface area (Å²) in [5.74, 6) is 0. The standard InChI is InChI=1S/C14H14BrNOS/c1-8-7-9(15)5-6-10(8)14-16-13-11(17)3-2-4-12(13)18-14/h5-7,11,17H,2-4H2,1H3. The quantitative estimate of drug-likeness (QED) is 0.851. The van der Waals surface area contributed by atoms with Crippen LogP contribution in [0.25, 0.3) is 10.6 Å². The number of aliphatic hydroxyl groups is 1. The van der Waals surface area contributed by atoms with Crippen LogP contribution in [-0.4, -0.2) is 10.1 Å². The highest BCUT2D eigenvalue weighted by Gasteiger charge is 2.23. The van der Waals surface area contributed by atoms with Gasteiger partial charge in [0, 0.05) is 14.9 Å². The van der Waals surface area contributed by atoms with Gasteiger partial charge in [0.2, 0.25) is 0 Å². The molecule has 0 saturated heterocycles. The highest BCUT2D eigenvalue weighted by Crippen LogP contribution is 2.38. The molecule has 3 rings (SSSR count). The van der Waals surface area contributed by atoms with E-state index in [1.807, 2.05) is 6.07 Å². The fourth-order valence-corrected chi connectivity index (χ4v) is 4.10. The van der Waals surface area contributed by atoms with Gasteiger partial charge in [-0.25, -0.2) is 4.98 Å². The van der Waals surface area contributed by atoms with Gasteiger partial charge in [-0.1, -0.05) is 22.0 Å². The van der Waals surface area contributed by atoms with Crippen molar-refractivity contribution in [3.8, 4) is 10.6 Å². The van der Waals surface area contributed by atoms with E-state index in [2.05, 4.69) is 40.0 Å². The van der Waals surface area contributed by atoms with Crippen molar-refractivity contribution >= 4 is 27.3 Å². The van der Waals surface area contributed by atoms with Crippen molar-refractivity contribution in [2.24, 2.45) is 0 Å². The molecule has 1 N–H and O–H groups in total. The van der Waals surface area contributed by atoms with E-state index in [9.17, 15) is 5.11 Å². The summed E-state index contributed by atoms with van der Waals surface area (Å²) in [6.07, 6.45) is 2.60. The van der Waals surface area contributed by atoms with Crippen molar-refractivity contribution in [1.29, 1.82) is 0 Å². The number of aromatic nitrogens is 1. The van der Waals surface area contributed by atoms with E-state index in [1.54, 1.807) is 11.3 Å². The van der Waals surface area contributed by atoms with E-state index >= 15 is 0 Å². The van der Waals surface area contributed by atoms with Crippen molar-refractivity contribution in [2.45, 2.75) is 32.3 Å². The number of nitrogens with zero attached hydrogens (tertiary/aromatic N) is 1. The van der Waals surface area contributed by atoms with Crippen LogP contribution in [0.4, 0.5) is 0 Å². The normalized spacial score (nSPS) is 18.7. The molecule has 2 nitrogen and oxygen atoms in total. The second-order valence-electron chi connectivity index (χ2n) is 4.69. The van der Waals surface area contributed by atoms with E-state index in [0.717, 1.165) is 34.4 Å². The number of thiazole rings is 1. The lowest BCUT2D eigenvalue weighted by atomic mass is 10.0. The first kappa shape index (κ1) is 12.3. The van der Waals surface area contributed by atoms with Gasteiger partial charge in [0.25, 0.3) is 0 Å². The van der Waals surface area contributed by atoms with Gasteiger partial charge in [-0.15, -0.1) is 11.3 Å². The fraction of sp³-hybridized carbons (Fsp3) is 0.357. The molecule has 18 heavy (non-hydrogen) atoms. The number of benzene rings is 1. The van der Waals surface area contributed by atoms with Crippen LogP contribution in [0.3, 0.4) is 0 Å². The molecule has 1 aromatic carbocycles. The highest BCUT2D eigenvalue weighted by molar-refractivity contribution is 9.10. The highest BCUT2D eigenvalue weighted by atomic mass is 79.9. The van der Waals surface area contributed by atoms with Crippen LogP contribution >= 0.6 is 27.3 Å². The van der Waals surface area contributed by atoms with Gasteiger partial charge >= 0.3 is 0 Å². The summed E-state index contributed by atoms with van der Waals surface area (Å²) in [6, 6.07) is 6.24. The fourth-order valence-electron chi connectivity index (χ4n) is 2.38. The molecule has 94 valence electrons. The summed E-state index contributed by atoms with van der Waals surface area (Å²) >= 11 is 5.20. The smallest absolute Gasteiger partial charge is 0.124 e. The maximum absolute atomic E-state index is 9.97. The Morgan fingerprint density at radius 1 is 1.44 bits per heavy atom. The number of rotatable bonds is 1. The van der Waals surface area contributed by atoms with E-state index in [4.69, 9.17) is 0 Å². The molecule has 1 heterocycles. The average molecular weight is 324 g/mol. The van der Waals surface area contributed by atoms with E-state index in [1.165, 1.54) is 16.0 Å². The van der Waals surface area contributed by atoms with Crippen LogP contribution in [0.15, 0.2) is 22.7 Å². The minimum Gasteiger partial charge on any atom is -0.387 e. The molecule has 1 aliphatic carbocycles. The van der Waals surface area contributed by atoms with Crippen LogP contribution in [0, 0.1) is 6.92 Å². The summed E-state index contributed by atoms with van der Waals surface area (Å²) < 4.78 is 1.09. The Labute approximate surface area is 119 Å². The second kappa shape index (κ2) is 4.76. The largest absolute Gasteiger partial charge is 0.387 e. The molecule has 0 bridgehead atoms. The summed E-state index contributed by atoms with van der Waals surface area (Å²) in [6.45, 7) is 2.09. The maximum Gasteiger partial charge on any atom is 0.124 e. The number of fused-ring (bicyclic) bond motifs is 1. The van der Waals surface area contributed by atoms with Gasteiger partial charge in [-0.3, -0.25) is 0 Å². The third-order valence-corrected chi connectivity index (χ3v) is 5.00. The van der Waals surface area contributed by atoms with Crippen LogP contribution in [-0.2, 0) is 6.42 Å². The zero-order valence-corrected chi connectivity index (χ0v) is 12.5. The third-order valence-electron chi connectivity index (χ3n) is 3.34. The molecule has 1 aliphatic rings. The Kier molecular flexibility index (Phi) is 3.26. The first-order chi connectivity index (χ1) is 8.65. The lowest BCUT2D eigenvalue weighted by molar-refractivity contribution is 0.153. The zero-order valence-electron chi connectivity index (χ0n) is 10.1. The molecule has 1 unspecified atom stereocenters.